The van der Waals surface area contributed by atoms with Gasteiger partial charge in [0.1, 0.15) is 0 Å². The molecule has 4 heteroatoms. The van der Waals surface area contributed by atoms with E-state index in [9.17, 15) is 0 Å². The number of nitrogens with zero attached hydrogens (tertiary/aromatic N) is 2. The van der Waals surface area contributed by atoms with Gasteiger partial charge in [0.05, 0.1) is 6.61 Å². The lowest BCUT2D eigenvalue weighted by Crippen LogP contribution is -1.96. The predicted molar refractivity (Wildman–Crippen MR) is 44.2 cm³/mol. The van der Waals surface area contributed by atoms with Gasteiger partial charge in [-0.1, -0.05) is 7.43 Å². The Balaban J connectivity index is 0.000001000. The van der Waals surface area contributed by atoms with E-state index in [-0.39, 0.29) is 14.0 Å². The minimum atomic E-state index is -0.00993. The first-order valence-electron chi connectivity index (χ1n) is 2.96. The Morgan fingerprint density at radius 2 is 2.00 bits per heavy atom. The summed E-state index contributed by atoms with van der Waals surface area (Å²) in [5.41, 5.74) is 0.721. The molecule has 0 bridgehead atoms. The average Bonchev–Trinajstić information content (AvgIpc) is 2.05. The van der Waals surface area contributed by atoms with Crippen molar-refractivity contribution in [2.24, 2.45) is 0 Å². The van der Waals surface area contributed by atoms with Crippen molar-refractivity contribution in [3.63, 3.8) is 0 Å². The standard InChI is InChI=1S/C6H9N3O.CH4/c1-7-6-8-2-5(4-10)3-9-6;/h2-3,10H,4H2,1H3,(H,7,8,9);1H4. The normalized spacial score (nSPS) is 8.55. The first kappa shape index (κ1) is 9.84. The van der Waals surface area contributed by atoms with Crippen molar-refractivity contribution in [3.05, 3.63) is 18.0 Å². The highest BCUT2D eigenvalue weighted by molar-refractivity contribution is 5.22. The van der Waals surface area contributed by atoms with E-state index in [1.165, 1.54) is 0 Å². The minimum absolute atomic E-state index is 0. The van der Waals surface area contributed by atoms with Crippen LogP contribution in [-0.4, -0.2) is 22.1 Å². The Bertz CT molecular complexity index is 174. The lowest BCUT2D eigenvalue weighted by molar-refractivity contribution is 0.281. The predicted octanol–water partition coefficient (Wildman–Crippen LogP) is 0.647. The van der Waals surface area contributed by atoms with Gasteiger partial charge in [0.2, 0.25) is 5.95 Å². The van der Waals surface area contributed by atoms with Gasteiger partial charge in [-0.05, 0) is 0 Å². The summed E-state index contributed by atoms with van der Waals surface area (Å²) >= 11 is 0. The topological polar surface area (TPSA) is 58.0 Å². The number of aliphatic hydroxyl groups excluding tert-OH is 1. The van der Waals surface area contributed by atoms with Gasteiger partial charge in [0, 0.05) is 25.0 Å². The third kappa shape index (κ3) is 2.51. The molecular weight excluding hydrogens is 142 g/mol. The van der Waals surface area contributed by atoms with Gasteiger partial charge < -0.3 is 10.4 Å². The molecule has 0 aromatic carbocycles. The van der Waals surface area contributed by atoms with Gasteiger partial charge in [-0.2, -0.15) is 0 Å². The highest BCUT2D eigenvalue weighted by Gasteiger charge is 1.91. The average molecular weight is 155 g/mol. The number of hydrogen-bond acceptors (Lipinski definition) is 4. The number of hydrogen-bond donors (Lipinski definition) is 2. The van der Waals surface area contributed by atoms with E-state index in [2.05, 4.69) is 15.3 Å². The molecule has 62 valence electrons. The van der Waals surface area contributed by atoms with Gasteiger partial charge in [-0.25, -0.2) is 9.97 Å². The van der Waals surface area contributed by atoms with E-state index in [4.69, 9.17) is 5.11 Å². The molecule has 0 aliphatic carbocycles. The number of aromatic nitrogens is 2. The summed E-state index contributed by atoms with van der Waals surface area (Å²) in [6, 6.07) is 0. The van der Waals surface area contributed by atoms with Crippen LogP contribution in [0.3, 0.4) is 0 Å². The molecule has 0 radical (unpaired) electrons. The number of aliphatic hydroxyl groups is 1. The first-order chi connectivity index (χ1) is 4.86. The van der Waals surface area contributed by atoms with E-state index in [1.54, 1.807) is 19.4 Å². The van der Waals surface area contributed by atoms with Gasteiger partial charge in [0.25, 0.3) is 0 Å². The fraction of sp³-hybridized carbons (Fsp3) is 0.429. The Kier molecular flexibility index (Phi) is 4.14. The Hall–Kier alpha value is -1.16. The van der Waals surface area contributed by atoms with Crippen LogP contribution >= 0.6 is 0 Å². The molecule has 0 amide bonds. The molecule has 0 atom stereocenters. The Labute approximate surface area is 66.3 Å². The van der Waals surface area contributed by atoms with Gasteiger partial charge in [-0.3, -0.25) is 0 Å². The highest BCUT2D eigenvalue weighted by Crippen LogP contribution is 1.97. The lowest BCUT2D eigenvalue weighted by atomic mass is 10.4. The zero-order valence-corrected chi connectivity index (χ0v) is 5.70. The minimum Gasteiger partial charge on any atom is -0.392 e. The zero-order chi connectivity index (χ0) is 7.40. The third-order valence-electron chi connectivity index (χ3n) is 1.11. The highest BCUT2D eigenvalue weighted by atomic mass is 16.3. The fourth-order valence-corrected chi connectivity index (χ4v) is 0.566. The molecule has 0 spiro atoms. The summed E-state index contributed by atoms with van der Waals surface area (Å²) in [5.74, 6) is 0.567. The van der Waals surface area contributed by atoms with Crippen molar-refractivity contribution in [1.29, 1.82) is 0 Å². The van der Waals surface area contributed by atoms with Gasteiger partial charge in [-0.15, -0.1) is 0 Å². The van der Waals surface area contributed by atoms with Crippen LogP contribution in [0.5, 0.6) is 0 Å². The molecular formula is C7H13N3O. The van der Waals surface area contributed by atoms with Crippen molar-refractivity contribution in [1.82, 2.24) is 9.97 Å². The fourth-order valence-electron chi connectivity index (χ4n) is 0.566. The van der Waals surface area contributed by atoms with Crippen LogP contribution in [0.2, 0.25) is 0 Å². The molecule has 0 aliphatic rings. The molecule has 4 nitrogen and oxygen atoms in total. The maximum absolute atomic E-state index is 8.60. The maximum atomic E-state index is 8.60. The van der Waals surface area contributed by atoms with Crippen molar-refractivity contribution in [3.8, 4) is 0 Å². The molecule has 0 fully saturated rings. The Morgan fingerprint density at radius 1 is 1.45 bits per heavy atom. The van der Waals surface area contributed by atoms with E-state index >= 15 is 0 Å². The van der Waals surface area contributed by atoms with E-state index < -0.39 is 0 Å². The molecule has 2 N–H and O–H groups in total. The molecule has 1 rings (SSSR count). The summed E-state index contributed by atoms with van der Waals surface area (Å²) in [6.07, 6.45) is 3.16. The smallest absolute Gasteiger partial charge is 0.222 e. The monoisotopic (exact) mass is 155 g/mol. The van der Waals surface area contributed by atoms with Crippen LogP contribution in [0.15, 0.2) is 12.4 Å². The van der Waals surface area contributed by atoms with Crippen LogP contribution in [0.4, 0.5) is 5.95 Å². The van der Waals surface area contributed by atoms with Crippen molar-refractivity contribution in [2.75, 3.05) is 12.4 Å². The van der Waals surface area contributed by atoms with E-state index in [1.807, 2.05) is 0 Å². The molecule has 1 aromatic rings. The lowest BCUT2D eigenvalue weighted by Gasteiger charge is -1.96. The van der Waals surface area contributed by atoms with Gasteiger partial charge >= 0.3 is 0 Å². The SMILES string of the molecule is C.CNc1ncc(CO)cn1. The molecule has 0 saturated carbocycles. The molecule has 0 unspecified atom stereocenters. The zero-order valence-electron chi connectivity index (χ0n) is 5.70. The summed E-state index contributed by atoms with van der Waals surface area (Å²) < 4.78 is 0. The summed E-state index contributed by atoms with van der Waals surface area (Å²) in [7, 11) is 1.74. The Morgan fingerprint density at radius 3 is 2.36 bits per heavy atom. The number of anilines is 1. The second-order valence-corrected chi connectivity index (χ2v) is 1.82. The van der Waals surface area contributed by atoms with Crippen LogP contribution in [-0.2, 0) is 6.61 Å². The molecule has 1 aromatic heterocycles. The second-order valence-electron chi connectivity index (χ2n) is 1.82. The van der Waals surface area contributed by atoms with Crippen LogP contribution in [0, 0.1) is 0 Å². The summed E-state index contributed by atoms with van der Waals surface area (Å²) in [5, 5.41) is 11.4. The van der Waals surface area contributed by atoms with E-state index in [0.29, 0.717) is 5.95 Å². The largest absolute Gasteiger partial charge is 0.392 e. The quantitative estimate of drug-likeness (QED) is 0.658. The van der Waals surface area contributed by atoms with Gasteiger partial charge in [0.15, 0.2) is 0 Å². The molecule has 0 saturated heterocycles. The van der Waals surface area contributed by atoms with Crippen LogP contribution in [0.1, 0.15) is 13.0 Å². The van der Waals surface area contributed by atoms with Crippen LogP contribution in [0.25, 0.3) is 0 Å². The molecule has 11 heavy (non-hydrogen) atoms. The third-order valence-corrected chi connectivity index (χ3v) is 1.11. The van der Waals surface area contributed by atoms with Crippen molar-refractivity contribution < 1.29 is 5.11 Å². The maximum Gasteiger partial charge on any atom is 0.222 e. The summed E-state index contributed by atoms with van der Waals surface area (Å²) in [4.78, 5) is 7.77. The number of rotatable bonds is 2. The van der Waals surface area contributed by atoms with E-state index in [0.717, 1.165) is 5.56 Å². The molecule has 0 aliphatic heterocycles. The van der Waals surface area contributed by atoms with Crippen molar-refractivity contribution >= 4 is 5.95 Å². The van der Waals surface area contributed by atoms with Crippen molar-refractivity contribution in [2.45, 2.75) is 14.0 Å². The summed E-state index contributed by atoms with van der Waals surface area (Å²) in [6.45, 7) is -0.00993. The number of nitrogens with one attached hydrogen (secondary N) is 1. The molecule has 1 heterocycles. The first-order valence-corrected chi connectivity index (χ1v) is 2.96. The van der Waals surface area contributed by atoms with Crippen LogP contribution < -0.4 is 5.32 Å². The second kappa shape index (κ2) is 4.62.